The monoisotopic (exact) mass is 411 g/mol. The molecule has 6 rings (SSSR count). The average molecular weight is 412 g/mol. The molecule has 0 radical (unpaired) electrons. The van der Waals surface area contributed by atoms with Crippen molar-refractivity contribution in [2.45, 2.75) is 81.9 Å². The first-order valence-corrected chi connectivity index (χ1v) is 11.7. The molecule has 0 aromatic heterocycles. The van der Waals surface area contributed by atoms with Gasteiger partial charge in [-0.3, -0.25) is 4.79 Å². The van der Waals surface area contributed by atoms with Crippen LogP contribution in [-0.2, 0) is 0 Å². The van der Waals surface area contributed by atoms with Crippen LogP contribution >= 0.6 is 0 Å². The van der Waals surface area contributed by atoms with E-state index in [-0.39, 0.29) is 24.0 Å². The fraction of sp³-hybridized carbons (Fsp3) is 0.667. The molecule has 4 bridgehead atoms. The van der Waals surface area contributed by atoms with Crippen LogP contribution in [0.25, 0.3) is 0 Å². The Morgan fingerprint density at radius 1 is 0.900 bits per heavy atom. The van der Waals surface area contributed by atoms with Gasteiger partial charge in [-0.1, -0.05) is 19.3 Å². The van der Waals surface area contributed by atoms with Gasteiger partial charge in [0.05, 0.1) is 5.60 Å². The van der Waals surface area contributed by atoms with Gasteiger partial charge in [0.15, 0.2) is 0 Å². The number of carbonyl (C=O) groups is 2. The summed E-state index contributed by atoms with van der Waals surface area (Å²) in [5.74, 6) is 1.36. The van der Waals surface area contributed by atoms with Crippen molar-refractivity contribution in [2.75, 3.05) is 5.32 Å². The molecule has 5 aliphatic rings. The van der Waals surface area contributed by atoms with E-state index in [0.717, 1.165) is 44.9 Å². The molecule has 5 saturated carbocycles. The lowest BCUT2D eigenvalue weighted by Gasteiger charge is -2.58. The van der Waals surface area contributed by atoms with Crippen LogP contribution in [-0.4, -0.2) is 34.7 Å². The van der Waals surface area contributed by atoms with Crippen molar-refractivity contribution < 1.29 is 14.7 Å². The second kappa shape index (κ2) is 7.88. The highest BCUT2D eigenvalue weighted by atomic mass is 16.3. The quantitative estimate of drug-likeness (QED) is 0.607. The number of hydrogen-bond donors (Lipinski definition) is 4. The molecule has 5 aliphatic carbocycles. The van der Waals surface area contributed by atoms with Gasteiger partial charge in [-0.05, 0) is 87.0 Å². The summed E-state index contributed by atoms with van der Waals surface area (Å²) in [5, 5.41) is 19.9. The predicted molar refractivity (Wildman–Crippen MR) is 115 cm³/mol. The minimum absolute atomic E-state index is 0.0376. The number of urea groups is 1. The Labute approximate surface area is 178 Å². The maximum atomic E-state index is 12.6. The maximum absolute atomic E-state index is 12.6. The second-order valence-corrected chi connectivity index (χ2v) is 10.2. The highest BCUT2D eigenvalue weighted by Crippen LogP contribution is 2.55. The van der Waals surface area contributed by atoms with E-state index in [1.54, 1.807) is 24.3 Å². The molecule has 4 N–H and O–H groups in total. The van der Waals surface area contributed by atoms with E-state index in [1.165, 1.54) is 19.3 Å². The first-order valence-electron chi connectivity index (χ1n) is 11.7. The van der Waals surface area contributed by atoms with Crippen LogP contribution in [0.5, 0.6) is 0 Å². The highest BCUT2D eigenvalue weighted by molar-refractivity contribution is 5.95. The van der Waals surface area contributed by atoms with Gasteiger partial charge < -0.3 is 21.1 Å². The van der Waals surface area contributed by atoms with Crippen LogP contribution in [0.3, 0.4) is 0 Å². The van der Waals surface area contributed by atoms with Crippen molar-refractivity contribution in [3.63, 3.8) is 0 Å². The number of carbonyl (C=O) groups excluding carboxylic acids is 2. The van der Waals surface area contributed by atoms with Gasteiger partial charge in [-0.15, -0.1) is 0 Å². The SMILES string of the molecule is O=C(Nc1ccc(C(=O)NC2CCCCC2)cc1)NC1C2CC3CC1CC(O)(C3)C2. The Bertz CT molecular complexity index is 786. The van der Waals surface area contributed by atoms with Gasteiger partial charge in [0.1, 0.15) is 0 Å². The molecular weight excluding hydrogens is 378 g/mol. The third-order valence-corrected chi connectivity index (χ3v) is 7.88. The zero-order valence-electron chi connectivity index (χ0n) is 17.5. The molecule has 0 aliphatic heterocycles. The fourth-order valence-corrected chi connectivity index (χ4v) is 6.76. The zero-order valence-corrected chi connectivity index (χ0v) is 17.5. The Hall–Kier alpha value is -2.08. The highest BCUT2D eigenvalue weighted by Gasteiger charge is 2.55. The standard InChI is InChI=1S/C24H33N3O3/c28-22(25-19-4-2-1-3-5-19)16-6-8-20(9-7-16)26-23(29)27-21-17-10-15-11-18(21)14-24(30,12-15)13-17/h6-9,15,17-19,21,30H,1-5,10-14H2,(H,25,28)(H2,26,27,29). The summed E-state index contributed by atoms with van der Waals surface area (Å²) in [5.41, 5.74) is 0.823. The number of anilines is 1. The summed E-state index contributed by atoms with van der Waals surface area (Å²) in [7, 11) is 0. The van der Waals surface area contributed by atoms with Crippen LogP contribution in [0.15, 0.2) is 24.3 Å². The molecule has 6 nitrogen and oxygen atoms in total. The van der Waals surface area contributed by atoms with E-state index in [4.69, 9.17) is 0 Å². The molecule has 0 heterocycles. The smallest absolute Gasteiger partial charge is 0.319 e. The van der Waals surface area contributed by atoms with Crippen molar-refractivity contribution in [3.8, 4) is 0 Å². The number of hydrogen-bond acceptors (Lipinski definition) is 3. The molecule has 2 unspecified atom stereocenters. The Morgan fingerprint density at radius 3 is 2.20 bits per heavy atom. The third kappa shape index (κ3) is 4.07. The Morgan fingerprint density at radius 2 is 1.57 bits per heavy atom. The topological polar surface area (TPSA) is 90.5 Å². The lowest BCUT2D eigenvalue weighted by molar-refractivity contribution is -0.136. The van der Waals surface area contributed by atoms with Crippen molar-refractivity contribution in [2.24, 2.45) is 17.8 Å². The van der Waals surface area contributed by atoms with Gasteiger partial charge in [-0.2, -0.15) is 0 Å². The van der Waals surface area contributed by atoms with Crippen LogP contribution < -0.4 is 16.0 Å². The number of rotatable bonds is 4. The second-order valence-electron chi connectivity index (χ2n) is 10.2. The van der Waals surface area contributed by atoms with E-state index >= 15 is 0 Å². The first kappa shape index (κ1) is 19.9. The fourth-order valence-electron chi connectivity index (χ4n) is 6.76. The van der Waals surface area contributed by atoms with Crippen molar-refractivity contribution in [1.29, 1.82) is 0 Å². The number of aliphatic hydroxyl groups is 1. The summed E-state index contributed by atoms with van der Waals surface area (Å²) in [6.07, 6.45) is 10.6. The number of benzene rings is 1. The lowest BCUT2D eigenvalue weighted by atomic mass is 9.52. The van der Waals surface area contributed by atoms with E-state index < -0.39 is 5.60 Å². The van der Waals surface area contributed by atoms with Crippen LogP contribution in [0, 0.1) is 17.8 Å². The largest absolute Gasteiger partial charge is 0.390 e. The Kier molecular flexibility index (Phi) is 5.21. The van der Waals surface area contributed by atoms with Crippen molar-refractivity contribution >= 4 is 17.6 Å². The number of amides is 3. The maximum Gasteiger partial charge on any atom is 0.319 e. The summed E-state index contributed by atoms with van der Waals surface area (Å²) < 4.78 is 0. The van der Waals surface area contributed by atoms with E-state index in [1.807, 2.05) is 0 Å². The van der Waals surface area contributed by atoms with Gasteiger partial charge >= 0.3 is 6.03 Å². The van der Waals surface area contributed by atoms with E-state index in [2.05, 4.69) is 16.0 Å². The summed E-state index contributed by atoms with van der Waals surface area (Å²) in [6, 6.07) is 7.36. The molecular formula is C24H33N3O3. The molecule has 1 aromatic carbocycles. The van der Waals surface area contributed by atoms with Crippen LogP contribution in [0.2, 0.25) is 0 Å². The molecule has 5 fully saturated rings. The Balaban J connectivity index is 1.14. The molecule has 6 heteroatoms. The summed E-state index contributed by atoms with van der Waals surface area (Å²) >= 11 is 0. The molecule has 0 spiro atoms. The van der Waals surface area contributed by atoms with Gasteiger partial charge in [0, 0.05) is 23.3 Å². The molecule has 3 amide bonds. The van der Waals surface area contributed by atoms with Crippen molar-refractivity contribution in [3.05, 3.63) is 29.8 Å². The van der Waals surface area contributed by atoms with Crippen molar-refractivity contribution in [1.82, 2.24) is 10.6 Å². The zero-order chi connectivity index (χ0) is 20.7. The third-order valence-electron chi connectivity index (χ3n) is 7.88. The molecule has 30 heavy (non-hydrogen) atoms. The van der Waals surface area contributed by atoms with Crippen LogP contribution in [0.4, 0.5) is 10.5 Å². The van der Waals surface area contributed by atoms with E-state index in [9.17, 15) is 14.7 Å². The minimum Gasteiger partial charge on any atom is -0.390 e. The predicted octanol–water partition coefficient (Wildman–Crippen LogP) is 3.81. The summed E-state index contributed by atoms with van der Waals surface area (Å²) in [6.45, 7) is 0. The van der Waals surface area contributed by atoms with Gasteiger partial charge in [0.25, 0.3) is 5.91 Å². The molecule has 1 aromatic rings. The molecule has 0 saturated heterocycles. The minimum atomic E-state index is -0.487. The first-order chi connectivity index (χ1) is 14.5. The number of nitrogens with one attached hydrogen (secondary N) is 3. The summed E-state index contributed by atoms with van der Waals surface area (Å²) in [4.78, 5) is 25.0. The van der Waals surface area contributed by atoms with Gasteiger partial charge in [-0.25, -0.2) is 4.79 Å². The lowest BCUT2D eigenvalue weighted by Crippen LogP contribution is -2.62. The normalized spacial score (nSPS) is 35.1. The molecule has 2 atom stereocenters. The average Bonchev–Trinajstić information content (AvgIpc) is 2.71. The molecule has 162 valence electrons. The van der Waals surface area contributed by atoms with Gasteiger partial charge in [0.2, 0.25) is 0 Å². The van der Waals surface area contributed by atoms with Crippen LogP contribution in [0.1, 0.15) is 74.6 Å². The van der Waals surface area contributed by atoms with E-state index in [0.29, 0.717) is 29.0 Å².